The molecule has 18 heavy (non-hydrogen) atoms. The van der Waals surface area contributed by atoms with Gasteiger partial charge in [0.15, 0.2) is 0 Å². The van der Waals surface area contributed by atoms with E-state index in [1.807, 2.05) is 13.8 Å². The molecule has 0 spiro atoms. The summed E-state index contributed by atoms with van der Waals surface area (Å²) < 4.78 is 5.36. The molecule has 1 aliphatic heterocycles. The van der Waals surface area contributed by atoms with Gasteiger partial charge in [-0.15, -0.1) is 0 Å². The van der Waals surface area contributed by atoms with E-state index in [0.717, 1.165) is 0 Å². The van der Waals surface area contributed by atoms with Gasteiger partial charge in [-0.1, -0.05) is 0 Å². The molecular weight excluding hydrogens is 236 g/mol. The summed E-state index contributed by atoms with van der Waals surface area (Å²) in [7, 11) is 0. The Hall–Kier alpha value is -2.12. The highest BCUT2D eigenvalue weighted by Gasteiger charge is 2.22. The Balaban J connectivity index is 2.07. The van der Waals surface area contributed by atoms with Crippen LogP contribution in [0.4, 0.5) is 11.9 Å². The number of nitrogens with one attached hydrogen (secondary N) is 2. The maximum atomic E-state index is 11.1. The Labute approximate surface area is 104 Å². The molecule has 1 amide bonds. The number of nitrogens with two attached hydrogens (primary N) is 1. The summed E-state index contributed by atoms with van der Waals surface area (Å²) in [6.45, 7) is 4.28. The van der Waals surface area contributed by atoms with Gasteiger partial charge < -0.3 is 21.1 Å². The molecule has 1 aliphatic rings. The Morgan fingerprint density at radius 1 is 1.44 bits per heavy atom. The molecule has 2 heterocycles. The van der Waals surface area contributed by atoms with E-state index < -0.39 is 0 Å². The Bertz CT molecular complexity index is 450. The molecule has 2 rings (SSSR count). The summed E-state index contributed by atoms with van der Waals surface area (Å²) in [4.78, 5) is 23.0. The van der Waals surface area contributed by atoms with E-state index in [-0.39, 0.29) is 30.0 Å². The molecule has 98 valence electrons. The number of carbonyl (C=O) groups excluding carboxylic acids is 1. The molecule has 0 aliphatic carbocycles. The topological polar surface area (TPSA) is 115 Å². The third-order valence-electron chi connectivity index (χ3n) is 2.28. The van der Waals surface area contributed by atoms with E-state index in [9.17, 15) is 4.79 Å². The Morgan fingerprint density at radius 2 is 2.22 bits per heavy atom. The van der Waals surface area contributed by atoms with Gasteiger partial charge in [-0.25, -0.2) is 0 Å². The standard InChI is InChI=1S/C10H16N6O2/c1-5(2)18-10-15-8(11)14-9(16-10)13-6-3-7(17)12-4-6/h5-6H,3-4H2,1-2H3,(H,12,17)(H3,11,13,14,15,16). The van der Waals surface area contributed by atoms with Crippen LogP contribution in [0.15, 0.2) is 0 Å². The molecule has 1 unspecified atom stereocenters. The van der Waals surface area contributed by atoms with E-state index in [1.54, 1.807) is 0 Å². The third-order valence-corrected chi connectivity index (χ3v) is 2.28. The first-order valence-corrected chi connectivity index (χ1v) is 5.74. The molecule has 0 bridgehead atoms. The Kier molecular flexibility index (Phi) is 3.45. The second-order valence-electron chi connectivity index (χ2n) is 4.32. The summed E-state index contributed by atoms with van der Waals surface area (Å²) in [5.74, 6) is 0.410. The van der Waals surface area contributed by atoms with Crippen molar-refractivity contribution in [1.29, 1.82) is 0 Å². The normalized spacial score (nSPS) is 18.8. The lowest BCUT2D eigenvalue weighted by Crippen LogP contribution is -2.24. The molecule has 1 atom stereocenters. The number of rotatable bonds is 4. The monoisotopic (exact) mass is 252 g/mol. The minimum absolute atomic E-state index is 0.00758. The first-order chi connectivity index (χ1) is 8.52. The average Bonchev–Trinajstić information content (AvgIpc) is 2.61. The first kappa shape index (κ1) is 12.3. The zero-order valence-electron chi connectivity index (χ0n) is 10.3. The van der Waals surface area contributed by atoms with Gasteiger partial charge in [0.25, 0.3) is 0 Å². The quantitative estimate of drug-likeness (QED) is 0.664. The average molecular weight is 252 g/mol. The fourth-order valence-corrected chi connectivity index (χ4v) is 1.59. The predicted octanol–water partition coefficient (Wildman–Crippen LogP) is -0.459. The molecule has 0 saturated carbocycles. The van der Waals surface area contributed by atoms with Gasteiger partial charge in [0, 0.05) is 13.0 Å². The number of hydrogen-bond donors (Lipinski definition) is 3. The molecule has 8 heteroatoms. The van der Waals surface area contributed by atoms with E-state index >= 15 is 0 Å². The van der Waals surface area contributed by atoms with E-state index in [0.29, 0.717) is 18.9 Å². The molecular formula is C10H16N6O2. The molecule has 4 N–H and O–H groups in total. The van der Waals surface area contributed by atoms with Gasteiger partial charge in [0.1, 0.15) is 0 Å². The van der Waals surface area contributed by atoms with Crippen molar-refractivity contribution in [2.24, 2.45) is 0 Å². The number of anilines is 2. The fourth-order valence-electron chi connectivity index (χ4n) is 1.59. The van der Waals surface area contributed by atoms with Crippen LogP contribution in [0.1, 0.15) is 20.3 Å². The molecule has 1 fully saturated rings. The van der Waals surface area contributed by atoms with Gasteiger partial charge in [-0.3, -0.25) is 4.79 Å². The van der Waals surface area contributed by atoms with Gasteiger partial charge in [0.2, 0.25) is 17.8 Å². The zero-order valence-corrected chi connectivity index (χ0v) is 10.3. The summed E-state index contributed by atoms with van der Waals surface area (Å²) in [6, 6.07) is 0.142. The van der Waals surface area contributed by atoms with E-state index in [1.165, 1.54) is 0 Å². The molecule has 0 aromatic carbocycles. The summed E-state index contributed by atoms with van der Waals surface area (Å²) >= 11 is 0. The lowest BCUT2D eigenvalue weighted by Gasteiger charge is -2.12. The number of hydrogen-bond acceptors (Lipinski definition) is 7. The minimum atomic E-state index is -0.0469. The van der Waals surface area contributed by atoms with Gasteiger partial charge >= 0.3 is 6.01 Å². The van der Waals surface area contributed by atoms with Crippen LogP contribution in [0.5, 0.6) is 6.01 Å². The van der Waals surface area contributed by atoms with Crippen LogP contribution in [-0.2, 0) is 4.79 Å². The third kappa shape index (κ3) is 3.19. The maximum absolute atomic E-state index is 11.1. The second-order valence-corrected chi connectivity index (χ2v) is 4.32. The van der Waals surface area contributed by atoms with E-state index in [2.05, 4.69) is 25.6 Å². The molecule has 0 radical (unpaired) electrons. The number of carbonyl (C=O) groups is 1. The van der Waals surface area contributed by atoms with Crippen LogP contribution >= 0.6 is 0 Å². The Morgan fingerprint density at radius 3 is 2.83 bits per heavy atom. The molecule has 1 aromatic heterocycles. The van der Waals surface area contributed by atoms with Crippen molar-refractivity contribution in [3.05, 3.63) is 0 Å². The van der Waals surface area contributed by atoms with Crippen molar-refractivity contribution in [2.75, 3.05) is 17.6 Å². The molecule has 1 saturated heterocycles. The number of nitrogen functional groups attached to an aromatic ring is 1. The highest BCUT2D eigenvalue weighted by atomic mass is 16.5. The zero-order chi connectivity index (χ0) is 13.1. The SMILES string of the molecule is CC(C)Oc1nc(N)nc(NC2CNC(=O)C2)n1. The van der Waals surface area contributed by atoms with Crippen molar-refractivity contribution in [2.45, 2.75) is 32.4 Å². The van der Waals surface area contributed by atoms with Crippen LogP contribution in [0.2, 0.25) is 0 Å². The second kappa shape index (κ2) is 5.03. The molecule has 1 aromatic rings. The number of ether oxygens (including phenoxy) is 1. The highest BCUT2D eigenvalue weighted by molar-refractivity contribution is 5.79. The van der Waals surface area contributed by atoms with Crippen LogP contribution in [-0.4, -0.2) is 39.5 Å². The number of nitrogens with zero attached hydrogens (tertiary/aromatic N) is 3. The largest absolute Gasteiger partial charge is 0.461 e. The van der Waals surface area contributed by atoms with Gasteiger partial charge in [-0.2, -0.15) is 15.0 Å². The molecule has 8 nitrogen and oxygen atoms in total. The lowest BCUT2D eigenvalue weighted by atomic mass is 10.3. The van der Waals surface area contributed by atoms with Gasteiger partial charge in [-0.05, 0) is 13.8 Å². The van der Waals surface area contributed by atoms with Crippen LogP contribution in [0, 0.1) is 0 Å². The first-order valence-electron chi connectivity index (χ1n) is 5.74. The van der Waals surface area contributed by atoms with Crippen molar-refractivity contribution in [1.82, 2.24) is 20.3 Å². The summed E-state index contributed by atoms with van der Waals surface area (Å²) in [5.41, 5.74) is 5.57. The van der Waals surface area contributed by atoms with Crippen LogP contribution in [0.3, 0.4) is 0 Å². The number of aromatic nitrogens is 3. The fraction of sp³-hybridized carbons (Fsp3) is 0.600. The minimum Gasteiger partial charge on any atom is -0.461 e. The van der Waals surface area contributed by atoms with Crippen molar-refractivity contribution < 1.29 is 9.53 Å². The maximum Gasteiger partial charge on any atom is 0.323 e. The van der Waals surface area contributed by atoms with Gasteiger partial charge in [0.05, 0.1) is 12.1 Å². The highest BCUT2D eigenvalue weighted by Crippen LogP contribution is 2.13. The smallest absolute Gasteiger partial charge is 0.323 e. The lowest BCUT2D eigenvalue weighted by molar-refractivity contribution is -0.119. The van der Waals surface area contributed by atoms with Crippen LogP contribution in [0.25, 0.3) is 0 Å². The van der Waals surface area contributed by atoms with Crippen molar-refractivity contribution in [3.63, 3.8) is 0 Å². The van der Waals surface area contributed by atoms with Crippen LogP contribution < -0.4 is 21.1 Å². The number of amides is 1. The van der Waals surface area contributed by atoms with Crippen molar-refractivity contribution >= 4 is 17.8 Å². The summed E-state index contributed by atoms with van der Waals surface area (Å²) in [5, 5.41) is 5.74. The predicted molar refractivity (Wildman–Crippen MR) is 65.0 cm³/mol. The van der Waals surface area contributed by atoms with E-state index in [4.69, 9.17) is 10.5 Å². The van der Waals surface area contributed by atoms with Crippen molar-refractivity contribution in [3.8, 4) is 6.01 Å². The summed E-state index contributed by atoms with van der Waals surface area (Å²) in [6.07, 6.45) is 0.348.